The molecule has 0 atom stereocenters. The third-order valence-electron chi connectivity index (χ3n) is 3.09. The van der Waals surface area contributed by atoms with Crippen LogP contribution in [-0.2, 0) is 0 Å². The zero-order valence-electron chi connectivity index (χ0n) is 11.6. The molecule has 0 bridgehead atoms. The minimum absolute atomic E-state index is 0.00661. The molecule has 6 nitrogen and oxygen atoms in total. The molecule has 0 aliphatic carbocycles. The molecule has 0 saturated carbocycles. The maximum Gasteiger partial charge on any atom is 0.335 e. The lowest BCUT2D eigenvalue weighted by molar-refractivity contribution is -0.383. The molecular formula is C15H14N2O4. The van der Waals surface area contributed by atoms with Crippen molar-refractivity contribution in [1.29, 1.82) is 0 Å². The van der Waals surface area contributed by atoms with Crippen LogP contribution in [0.1, 0.15) is 21.5 Å². The molecule has 0 saturated heterocycles. The van der Waals surface area contributed by atoms with Gasteiger partial charge in [0.05, 0.1) is 10.5 Å². The van der Waals surface area contributed by atoms with E-state index in [1.165, 1.54) is 18.2 Å². The zero-order chi connectivity index (χ0) is 15.6. The van der Waals surface area contributed by atoms with Gasteiger partial charge in [0, 0.05) is 11.8 Å². The van der Waals surface area contributed by atoms with Crippen LogP contribution in [-0.4, -0.2) is 16.0 Å². The van der Waals surface area contributed by atoms with Gasteiger partial charge in [0.2, 0.25) is 0 Å². The summed E-state index contributed by atoms with van der Waals surface area (Å²) in [5, 5.41) is 23.0. The second-order valence-corrected chi connectivity index (χ2v) is 4.74. The van der Waals surface area contributed by atoms with E-state index in [1.54, 1.807) is 0 Å². The molecule has 21 heavy (non-hydrogen) atoms. The second kappa shape index (κ2) is 5.62. The fourth-order valence-corrected chi connectivity index (χ4v) is 2.03. The number of nitro groups is 1. The predicted molar refractivity (Wildman–Crippen MR) is 79.3 cm³/mol. The van der Waals surface area contributed by atoms with Crippen LogP contribution >= 0.6 is 0 Å². The summed E-state index contributed by atoms with van der Waals surface area (Å²) in [5.41, 5.74) is 2.68. The quantitative estimate of drug-likeness (QED) is 0.661. The molecule has 108 valence electrons. The van der Waals surface area contributed by atoms with Crippen LogP contribution in [0.5, 0.6) is 0 Å². The molecule has 0 unspecified atom stereocenters. The molecule has 0 radical (unpaired) electrons. The number of hydrogen-bond donors (Lipinski definition) is 2. The summed E-state index contributed by atoms with van der Waals surface area (Å²) in [6.07, 6.45) is 0. The number of aryl methyl sites for hydroxylation is 2. The van der Waals surface area contributed by atoms with E-state index in [0.29, 0.717) is 5.69 Å². The number of rotatable bonds is 4. The summed E-state index contributed by atoms with van der Waals surface area (Å²) < 4.78 is 0. The first-order chi connectivity index (χ1) is 9.88. The Labute approximate surface area is 121 Å². The Morgan fingerprint density at radius 1 is 1.14 bits per heavy atom. The van der Waals surface area contributed by atoms with Crippen LogP contribution in [0.2, 0.25) is 0 Å². The van der Waals surface area contributed by atoms with Crippen molar-refractivity contribution in [2.24, 2.45) is 0 Å². The summed E-state index contributed by atoms with van der Waals surface area (Å²) in [7, 11) is 0. The normalized spacial score (nSPS) is 10.2. The molecule has 0 fully saturated rings. The Hall–Kier alpha value is -2.89. The zero-order valence-corrected chi connectivity index (χ0v) is 11.6. The van der Waals surface area contributed by atoms with Gasteiger partial charge in [-0.15, -0.1) is 0 Å². The smallest absolute Gasteiger partial charge is 0.335 e. The van der Waals surface area contributed by atoms with Gasteiger partial charge >= 0.3 is 5.97 Å². The molecule has 0 aromatic heterocycles. The van der Waals surface area contributed by atoms with Gasteiger partial charge in [0.1, 0.15) is 5.69 Å². The molecule has 6 heteroatoms. The van der Waals surface area contributed by atoms with Crippen LogP contribution in [0.4, 0.5) is 17.1 Å². The van der Waals surface area contributed by atoms with E-state index >= 15 is 0 Å². The number of carboxylic acid groups (broad SMARTS) is 1. The number of carbonyl (C=O) groups is 1. The second-order valence-electron chi connectivity index (χ2n) is 4.74. The average molecular weight is 286 g/mol. The maximum absolute atomic E-state index is 11.1. The van der Waals surface area contributed by atoms with Crippen LogP contribution < -0.4 is 5.32 Å². The van der Waals surface area contributed by atoms with E-state index in [0.717, 1.165) is 11.1 Å². The van der Waals surface area contributed by atoms with Crippen molar-refractivity contribution >= 4 is 23.0 Å². The van der Waals surface area contributed by atoms with E-state index in [1.807, 2.05) is 32.0 Å². The lowest BCUT2D eigenvalue weighted by Crippen LogP contribution is -2.02. The highest BCUT2D eigenvalue weighted by Gasteiger charge is 2.17. The summed E-state index contributed by atoms with van der Waals surface area (Å²) in [6.45, 7) is 3.83. The fourth-order valence-electron chi connectivity index (χ4n) is 2.03. The Morgan fingerprint density at radius 2 is 1.86 bits per heavy atom. The molecule has 0 aliphatic heterocycles. The first kappa shape index (κ1) is 14.5. The summed E-state index contributed by atoms with van der Waals surface area (Å²) in [6, 6.07) is 9.29. The van der Waals surface area contributed by atoms with Gasteiger partial charge in [0.25, 0.3) is 5.69 Å². The van der Waals surface area contributed by atoms with Gasteiger partial charge in [-0.25, -0.2) is 4.79 Å². The number of hydrogen-bond acceptors (Lipinski definition) is 4. The van der Waals surface area contributed by atoms with Gasteiger partial charge < -0.3 is 10.4 Å². The lowest BCUT2D eigenvalue weighted by Gasteiger charge is -2.11. The van der Waals surface area contributed by atoms with Crippen LogP contribution in [0.25, 0.3) is 0 Å². The Kier molecular flexibility index (Phi) is 3.89. The summed E-state index contributed by atoms with van der Waals surface area (Å²) in [4.78, 5) is 21.5. The SMILES string of the molecule is Cc1ccc(Nc2cc(C(=O)O)ccc2[N+](=O)[O-])c(C)c1. The number of nitro benzene ring substituents is 1. The first-order valence-electron chi connectivity index (χ1n) is 6.24. The minimum Gasteiger partial charge on any atom is -0.478 e. The Balaban J connectivity index is 2.48. The van der Waals surface area contributed by atoms with Crippen molar-refractivity contribution in [3.63, 3.8) is 0 Å². The monoisotopic (exact) mass is 286 g/mol. The van der Waals surface area contributed by atoms with E-state index in [9.17, 15) is 14.9 Å². The molecule has 2 aromatic rings. The van der Waals surface area contributed by atoms with Gasteiger partial charge in [-0.1, -0.05) is 17.7 Å². The maximum atomic E-state index is 11.1. The summed E-state index contributed by atoms with van der Waals surface area (Å²) >= 11 is 0. The first-order valence-corrected chi connectivity index (χ1v) is 6.24. The third-order valence-corrected chi connectivity index (χ3v) is 3.09. The van der Waals surface area contributed by atoms with Crippen molar-refractivity contribution in [3.8, 4) is 0 Å². The number of benzene rings is 2. The van der Waals surface area contributed by atoms with E-state index < -0.39 is 10.9 Å². The molecule has 0 aliphatic rings. The molecular weight excluding hydrogens is 272 g/mol. The van der Waals surface area contributed by atoms with Gasteiger partial charge in [0.15, 0.2) is 0 Å². The largest absolute Gasteiger partial charge is 0.478 e. The van der Waals surface area contributed by atoms with Crippen LogP contribution in [0, 0.1) is 24.0 Å². The summed E-state index contributed by atoms with van der Waals surface area (Å²) in [5.74, 6) is -1.13. The fraction of sp³-hybridized carbons (Fsp3) is 0.133. The average Bonchev–Trinajstić information content (AvgIpc) is 2.41. The van der Waals surface area contributed by atoms with Crippen molar-refractivity contribution in [2.45, 2.75) is 13.8 Å². The molecule has 0 amide bonds. The van der Waals surface area contributed by atoms with E-state index in [4.69, 9.17) is 5.11 Å². The van der Waals surface area contributed by atoms with Gasteiger partial charge in [-0.2, -0.15) is 0 Å². The predicted octanol–water partition coefficient (Wildman–Crippen LogP) is 3.65. The van der Waals surface area contributed by atoms with Crippen LogP contribution in [0.15, 0.2) is 36.4 Å². The molecule has 0 spiro atoms. The topological polar surface area (TPSA) is 92.5 Å². The van der Waals surface area contributed by atoms with Gasteiger partial charge in [-0.05, 0) is 37.6 Å². The van der Waals surface area contributed by atoms with Crippen molar-refractivity contribution in [3.05, 3.63) is 63.2 Å². The Bertz CT molecular complexity index is 726. The molecule has 2 N–H and O–H groups in total. The van der Waals surface area contributed by atoms with E-state index in [2.05, 4.69) is 5.32 Å². The van der Waals surface area contributed by atoms with Gasteiger partial charge in [-0.3, -0.25) is 10.1 Å². The van der Waals surface area contributed by atoms with E-state index in [-0.39, 0.29) is 16.9 Å². The van der Waals surface area contributed by atoms with Crippen molar-refractivity contribution in [2.75, 3.05) is 5.32 Å². The number of aromatic carboxylic acids is 1. The highest BCUT2D eigenvalue weighted by Crippen LogP contribution is 2.30. The standard InChI is InChI=1S/C15H14N2O4/c1-9-3-5-12(10(2)7-9)16-13-8-11(15(18)19)4-6-14(13)17(20)21/h3-8,16H,1-2H3,(H,18,19). The number of nitrogens with zero attached hydrogens (tertiary/aromatic N) is 1. The lowest BCUT2D eigenvalue weighted by atomic mass is 10.1. The van der Waals surface area contributed by atoms with Crippen molar-refractivity contribution in [1.82, 2.24) is 0 Å². The Morgan fingerprint density at radius 3 is 2.43 bits per heavy atom. The number of anilines is 2. The molecule has 2 aromatic carbocycles. The highest BCUT2D eigenvalue weighted by atomic mass is 16.6. The minimum atomic E-state index is -1.13. The van der Waals surface area contributed by atoms with Crippen LogP contribution in [0.3, 0.4) is 0 Å². The highest BCUT2D eigenvalue weighted by molar-refractivity contribution is 5.90. The number of carboxylic acids is 1. The number of nitrogens with one attached hydrogen (secondary N) is 1. The molecule has 2 rings (SSSR count). The third kappa shape index (κ3) is 3.17. The van der Waals surface area contributed by atoms with Crippen molar-refractivity contribution < 1.29 is 14.8 Å². The molecule has 0 heterocycles.